The molecule has 0 aliphatic carbocycles. The third-order valence-electron chi connectivity index (χ3n) is 1.51. The molecule has 62 valence electrons. The molecule has 0 aliphatic rings. The van der Waals surface area contributed by atoms with E-state index < -0.39 is 0 Å². The third kappa shape index (κ3) is 3.11. The Balaban J connectivity index is 2.67. The van der Waals surface area contributed by atoms with Crippen LogP contribution in [0.1, 0.15) is 18.9 Å². The van der Waals surface area contributed by atoms with Gasteiger partial charge in [-0.1, -0.05) is 52.9 Å². The van der Waals surface area contributed by atoms with Crippen molar-refractivity contribution in [3.63, 3.8) is 0 Å². The zero-order valence-electron chi connectivity index (χ0n) is 7.05. The van der Waals surface area contributed by atoms with Crippen molar-refractivity contribution in [3.05, 3.63) is 35.9 Å². The van der Waals surface area contributed by atoms with E-state index in [9.17, 15) is 0 Å². The Kier molecular flexibility index (Phi) is 3.90. The molecule has 0 fully saturated rings. The van der Waals surface area contributed by atoms with Crippen molar-refractivity contribution in [2.75, 3.05) is 0 Å². The Morgan fingerprint density at radius 3 is 2.58 bits per heavy atom. The predicted molar refractivity (Wildman–Crippen MR) is 56.3 cm³/mol. The molecule has 0 heterocycles. The van der Waals surface area contributed by atoms with Crippen molar-refractivity contribution in [3.8, 4) is 11.8 Å². The third-order valence-corrected chi connectivity index (χ3v) is 2.38. The second-order valence-electron chi connectivity index (χ2n) is 2.51. The van der Waals surface area contributed by atoms with E-state index >= 15 is 0 Å². The Labute approximate surface area is 82.1 Å². The molecule has 1 unspecified atom stereocenters. The molecule has 12 heavy (non-hydrogen) atoms. The summed E-state index contributed by atoms with van der Waals surface area (Å²) in [6.45, 7) is 2.11. The first-order chi connectivity index (χ1) is 5.83. The minimum Gasteiger partial charge on any atom is -0.0829 e. The number of halogens is 1. The normalized spacial score (nSPS) is 11.5. The fourth-order valence-electron chi connectivity index (χ4n) is 0.785. The zero-order valence-corrected chi connectivity index (χ0v) is 8.64. The van der Waals surface area contributed by atoms with Gasteiger partial charge < -0.3 is 0 Å². The van der Waals surface area contributed by atoms with E-state index in [1.54, 1.807) is 0 Å². The second kappa shape index (κ2) is 5.00. The summed E-state index contributed by atoms with van der Waals surface area (Å²) in [6, 6.07) is 10.0. The van der Waals surface area contributed by atoms with Crippen LogP contribution in [0.2, 0.25) is 0 Å². The van der Waals surface area contributed by atoms with Crippen LogP contribution in [0.3, 0.4) is 0 Å². The molecule has 1 aromatic rings. The van der Waals surface area contributed by atoms with E-state index in [1.165, 1.54) is 0 Å². The van der Waals surface area contributed by atoms with E-state index in [-0.39, 0.29) is 0 Å². The molecule has 1 heteroatoms. The van der Waals surface area contributed by atoms with Crippen molar-refractivity contribution in [1.29, 1.82) is 0 Å². The van der Waals surface area contributed by atoms with Gasteiger partial charge in [-0.05, 0) is 18.6 Å². The number of hydrogen-bond acceptors (Lipinski definition) is 0. The first-order valence-corrected chi connectivity index (χ1v) is 4.95. The summed E-state index contributed by atoms with van der Waals surface area (Å²) < 4.78 is 0. The maximum absolute atomic E-state index is 3.46. The Bertz CT molecular complexity index is 279. The highest BCUT2D eigenvalue weighted by molar-refractivity contribution is 9.09. The molecule has 1 rings (SSSR count). The van der Waals surface area contributed by atoms with Gasteiger partial charge >= 0.3 is 0 Å². The quantitative estimate of drug-likeness (QED) is 0.506. The van der Waals surface area contributed by atoms with E-state index in [1.807, 2.05) is 30.3 Å². The molecule has 0 radical (unpaired) electrons. The lowest BCUT2D eigenvalue weighted by Gasteiger charge is -1.92. The van der Waals surface area contributed by atoms with Gasteiger partial charge in [0.15, 0.2) is 0 Å². The summed E-state index contributed by atoms with van der Waals surface area (Å²) in [5, 5.41) is 0. The lowest BCUT2D eigenvalue weighted by molar-refractivity contribution is 1.01. The van der Waals surface area contributed by atoms with Gasteiger partial charge in [0.25, 0.3) is 0 Å². The van der Waals surface area contributed by atoms with Gasteiger partial charge in [-0.2, -0.15) is 0 Å². The molecule has 1 aromatic carbocycles. The van der Waals surface area contributed by atoms with Gasteiger partial charge in [0, 0.05) is 5.56 Å². The van der Waals surface area contributed by atoms with Gasteiger partial charge in [0.05, 0.1) is 4.83 Å². The van der Waals surface area contributed by atoms with Gasteiger partial charge in [-0.25, -0.2) is 0 Å². The molecule has 1 atom stereocenters. The fourth-order valence-corrected chi connectivity index (χ4v) is 0.900. The average Bonchev–Trinajstić information content (AvgIpc) is 2.16. The Hall–Kier alpha value is -0.740. The van der Waals surface area contributed by atoms with Crippen LogP contribution in [0, 0.1) is 11.8 Å². The van der Waals surface area contributed by atoms with Crippen molar-refractivity contribution in [2.24, 2.45) is 0 Å². The summed E-state index contributed by atoms with van der Waals surface area (Å²) in [6.07, 6.45) is 1.04. The SMILES string of the molecule is CCC(Br)C#Cc1ccccc1. The molecule has 0 aromatic heterocycles. The lowest BCUT2D eigenvalue weighted by Crippen LogP contribution is -1.87. The van der Waals surface area contributed by atoms with Gasteiger partial charge in [0.2, 0.25) is 0 Å². The van der Waals surface area contributed by atoms with E-state index in [2.05, 4.69) is 34.7 Å². The summed E-state index contributed by atoms with van der Waals surface area (Å²) in [7, 11) is 0. The first-order valence-electron chi connectivity index (χ1n) is 4.03. The van der Waals surface area contributed by atoms with Crippen LogP contribution in [-0.4, -0.2) is 4.83 Å². The maximum atomic E-state index is 3.46. The van der Waals surface area contributed by atoms with Gasteiger partial charge in [-0.3, -0.25) is 0 Å². The minimum atomic E-state index is 0.317. The van der Waals surface area contributed by atoms with Crippen molar-refractivity contribution in [2.45, 2.75) is 18.2 Å². The first kappa shape index (κ1) is 9.35. The number of hydrogen-bond donors (Lipinski definition) is 0. The maximum Gasteiger partial charge on any atom is 0.0755 e. The highest BCUT2D eigenvalue weighted by Gasteiger charge is 1.91. The summed E-state index contributed by atoms with van der Waals surface area (Å²) in [5.41, 5.74) is 1.08. The van der Waals surface area contributed by atoms with Crippen LogP contribution in [0.5, 0.6) is 0 Å². The monoisotopic (exact) mass is 222 g/mol. The molecule has 0 saturated carbocycles. The number of benzene rings is 1. The van der Waals surface area contributed by atoms with Crippen molar-refractivity contribution < 1.29 is 0 Å². The standard InChI is InChI=1S/C11H11Br/c1-2-11(12)9-8-10-6-4-3-5-7-10/h3-7,11H,2H2,1H3. The van der Waals surface area contributed by atoms with E-state index in [0.29, 0.717) is 4.83 Å². The zero-order chi connectivity index (χ0) is 8.81. The molecule has 0 nitrogen and oxygen atoms in total. The topological polar surface area (TPSA) is 0 Å². The average molecular weight is 223 g/mol. The van der Waals surface area contributed by atoms with Crippen LogP contribution < -0.4 is 0 Å². The minimum absolute atomic E-state index is 0.317. The van der Waals surface area contributed by atoms with Crippen LogP contribution in [0.25, 0.3) is 0 Å². The number of alkyl halides is 1. The lowest BCUT2D eigenvalue weighted by atomic mass is 10.2. The summed E-state index contributed by atoms with van der Waals surface area (Å²) >= 11 is 3.46. The molecule has 0 saturated heterocycles. The van der Waals surface area contributed by atoms with E-state index in [4.69, 9.17) is 0 Å². The second-order valence-corrected chi connectivity index (χ2v) is 3.62. The Morgan fingerprint density at radius 2 is 2.00 bits per heavy atom. The largest absolute Gasteiger partial charge is 0.0829 e. The smallest absolute Gasteiger partial charge is 0.0755 e. The molecule has 0 bridgehead atoms. The van der Waals surface area contributed by atoms with Crippen LogP contribution in [0.15, 0.2) is 30.3 Å². The number of rotatable bonds is 1. The fraction of sp³-hybridized carbons (Fsp3) is 0.273. The van der Waals surface area contributed by atoms with Gasteiger partial charge in [0.1, 0.15) is 0 Å². The predicted octanol–water partition coefficient (Wildman–Crippen LogP) is 3.21. The molecule has 0 amide bonds. The van der Waals surface area contributed by atoms with Gasteiger partial charge in [-0.15, -0.1) is 0 Å². The van der Waals surface area contributed by atoms with E-state index in [0.717, 1.165) is 12.0 Å². The van der Waals surface area contributed by atoms with Crippen LogP contribution in [0.4, 0.5) is 0 Å². The van der Waals surface area contributed by atoms with Crippen LogP contribution in [-0.2, 0) is 0 Å². The molecular formula is C11H11Br. The summed E-state index contributed by atoms with van der Waals surface area (Å²) in [5.74, 6) is 6.21. The van der Waals surface area contributed by atoms with Crippen LogP contribution >= 0.6 is 15.9 Å². The molecule has 0 N–H and O–H groups in total. The van der Waals surface area contributed by atoms with Crippen molar-refractivity contribution >= 4 is 15.9 Å². The highest BCUT2D eigenvalue weighted by atomic mass is 79.9. The molecule has 0 aliphatic heterocycles. The summed E-state index contributed by atoms with van der Waals surface area (Å²) in [4.78, 5) is 0.317. The molecule has 0 spiro atoms. The van der Waals surface area contributed by atoms with Crippen molar-refractivity contribution in [1.82, 2.24) is 0 Å². The highest BCUT2D eigenvalue weighted by Crippen LogP contribution is 2.02. The molecular weight excluding hydrogens is 212 g/mol. The Morgan fingerprint density at radius 1 is 1.33 bits per heavy atom.